The van der Waals surface area contributed by atoms with Gasteiger partial charge < -0.3 is 28.7 Å². The van der Waals surface area contributed by atoms with Gasteiger partial charge >= 0.3 is 14.6 Å². The summed E-state index contributed by atoms with van der Waals surface area (Å²) in [4.78, 5) is 0. The first-order valence-corrected chi connectivity index (χ1v) is 9.62. The molecule has 0 spiro atoms. The second-order valence-electron chi connectivity index (χ2n) is 6.79. The van der Waals surface area contributed by atoms with E-state index in [1.54, 1.807) is 0 Å². The summed E-state index contributed by atoms with van der Waals surface area (Å²) in [5.74, 6) is 0. The predicted octanol–water partition coefficient (Wildman–Crippen LogP) is 0.379. The van der Waals surface area contributed by atoms with Crippen LogP contribution in [0, 0.1) is 0 Å². The fourth-order valence-corrected chi connectivity index (χ4v) is 3.17. The molecule has 0 aliphatic carbocycles. The SMILES string of the molecule is [Ge].[O-]B1OCCC(Cc2ccccc2)O1.[O-]B1OCCC(Cc2ccccc2)O1. The third kappa shape index (κ3) is 9.04. The van der Waals surface area contributed by atoms with Crippen molar-refractivity contribution in [1.29, 1.82) is 0 Å². The molecule has 0 N–H and O–H groups in total. The average molecular weight is 455 g/mol. The van der Waals surface area contributed by atoms with Crippen molar-refractivity contribution in [3.8, 4) is 0 Å². The Balaban J connectivity index is 0.000000200. The van der Waals surface area contributed by atoms with Crippen LogP contribution < -0.4 is 10.0 Å². The van der Waals surface area contributed by atoms with Gasteiger partial charge in [-0.25, -0.2) is 0 Å². The second-order valence-corrected chi connectivity index (χ2v) is 6.79. The molecular formula is C20H24B2GeO6-2. The normalized spacial score (nSPS) is 21.6. The maximum atomic E-state index is 10.9. The molecule has 6 nitrogen and oxygen atoms in total. The van der Waals surface area contributed by atoms with E-state index in [2.05, 4.69) is 0 Å². The van der Waals surface area contributed by atoms with Crippen LogP contribution in [0.3, 0.4) is 0 Å². The minimum Gasteiger partial charge on any atom is -0.832 e. The minimum atomic E-state index is -1.29. The summed E-state index contributed by atoms with van der Waals surface area (Å²) in [5.41, 5.74) is 2.40. The molecule has 2 aromatic rings. The molecular weight excluding hydrogens is 430 g/mol. The second kappa shape index (κ2) is 13.2. The van der Waals surface area contributed by atoms with Gasteiger partial charge in [0.1, 0.15) is 0 Å². The zero-order valence-corrected chi connectivity index (χ0v) is 18.4. The van der Waals surface area contributed by atoms with Gasteiger partial charge in [-0.05, 0) is 36.8 Å². The largest absolute Gasteiger partial charge is 0.832 e. The molecule has 152 valence electrons. The minimum absolute atomic E-state index is 0. The van der Waals surface area contributed by atoms with Crippen LogP contribution in [-0.4, -0.2) is 57.7 Å². The molecule has 9 heteroatoms. The number of hydrogen-bond acceptors (Lipinski definition) is 6. The van der Waals surface area contributed by atoms with E-state index in [4.69, 9.17) is 18.6 Å². The molecule has 2 fully saturated rings. The molecule has 2 saturated heterocycles. The van der Waals surface area contributed by atoms with Crippen molar-refractivity contribution in [2.45, 2.75) is 37.9 Å². The topological polar surface area (TPSA) is 83.0 Å². The predicted molar refractivity (Wildman–Crippen MR) is 108 cm³/mol. The van der Waals surface area contributed by atoms with Crippen LogP contribution in [0.1, 0.15) is 24.0 Å². The Labute approximate surface area is 183 Å². The van der Waals surface area contributed by atoms with Crippen molar-refractivity contribution in [2.75, 3.05) is 13.2 Å². The van der Waals surface area contributed by atoms with Crippen LogP contribution in [0.25, 0.3) is 0 Å². The average Bonchev–Trinajstić information content (AvgIpc) is 2.70. The van der Waals surface area contributed by atoms with Gasteiger partial charge in [-0.3, -0.25) is 0 Å². The molecule has 2 heterocycles. The molecule has 4 radical (unpaired) electrons. The van der Waals surface area contributed by atoms with Crippen LogP contribution in [0.2, 0.25) is 0 Å². The summed E-state index contributed by atoms with van der Waals surface area (Å²) in [5, 5.41) is 21.8. The summed E-state index contributed by atoms with van der Waals surface area (Å²) >= 11 is 0. The summed E-state index contributed by atoms with van der Waals surface area (Å²) in [7, 11) is -2.59. The Morgan fingerprint density at radius 2 is 1.07 bits per heavy atom. The summed E-state index contributed by atoms with van der Waals surface area (Å²) in [6.45, 7) is 1.01. The van der Waals surface area contributed by atoms with Crippen molar-refractivity contribution in [1.82, 2.24) is 0 Å². The standard InChI is InChI=1S/2C10H12BO3.Ge/c2*12-11-13-7-6-10(14-11)8-9-4-2-1-3-5-9;/h2*1-5,10H,6-8H2;/q2*-1;. The Bertz CT molecular complexity index is 622. The fourth-order valence-electron chi connectivity index (χ4n) is 3.17. The number of hydrogen-bond donors (Lipinski definition) is 0. The van der Waals surface area contributed by atoms with Gasteiger partial charge in [0.05, 0.1) is 0 Å². The van der Waals surface area contributed by atoms with Crippen molar-refractivity contribution in [2.24, 2.45) is 0 Å². The van der Waals surface area contributed by atoms with E-state index in [1.807, 2.05) is 60.7 Å². The quantitative estimate of drug-likeness (QED) is 0.621. The summed E-state index contributed by atoms with van der Waals surface area (Å²) < 4.78 is 19.8. The third-order valence-electron chi connectivity index (χ3n) is 4.61. The monoisotopic (exact) mass is 456 g/mol. The first-order chi connectivity index (χ1) is 13.7. The molecule has 0 bridgehead atoms. The Morgan fingerprint density at radius 1 is 0.690 bits per heavy atom. The Kier molecular flexibility index (Phi) is 11.0. The summed E-state index contributed by atoms with van der Waals surface area (Å²) in [6, 6.07) is 20.1. The number of benzene rings is 2. The van der Waals surface area contributed by atoms with Gasteiger partial charge in [-0.15, -0.1) is 0 Å². The molecule has 29 heavy (non-hydrogen) atoms. The summed E-state index contributed by atoms with van der Waals surface area (Å²) in [6.07, 6.45) is 3.20. The molecule has 0 amide bonds. The van der Waals surface area contributed by atoms with E-state index in [1.165, 1.54) is 11.1 Å². The van der Waals surface area contributed by atoms with E-state index in [9.17, 15) is 10.0 Å². The molecule has 2 unspecified atom stereocenters. The van der Waals surface area contributed by atoms with E-state index < -0.39 is 14.6 Å². The zero-order valence-electron chi connectivity index (χ0n) is 16.3. The van der Waals surface area contributed by atoms with Crippen LogP contribution >= 0.6 is 0 Å². The Morgan fingerprint density at radius 3 is 1.41 bits per heavy atom. The molecule has 0 aromatic heterocycles. The molecule has 2 aliphatic heterocycles. The Hall–Kier alpha value is -1.13. The van der Waals surface area contributed by atoms with E-state index >= 15 is 0 Å². The van der Waals surface area contributed by atoms with Crippen molar-refractivity contribution in [3.63, 3.8) is 0 Å². The van der Waals surface area contributed by atoms with Crippen LogP contribution in [0.5, 0.6) is 0 Å². The van der Waals surface area contributed by atoms with Gasteiger partial charge in [0, 0.05) is 43.0 Å². The van der Waals surface area contributed by atoms with Crippen LogP contribution in [0.4, 0.5) is 0 Å². The molecule has 2 aromatic carbocycles. The van der Waals surface area contributed by atoms with E-state index in [-0.39, 0.29) is 29.8 Å². The van der Waals surface area contributed by atoms with Gasteiger partial charge in [-0.2, -0.15) is 0 Å². The van der Waals surface area contributed by atoms with E-state index in [0.29, 0.717) is 13.2 Å². The van der Waals surface area contributed by atoms with Crippen LogP contribution in [0.15, 0.2) is 60.7 Å². The molecule has 2 atom stereocenters. The molecule has 4 rings (SSSR count). The van der Waals surface area contributed by atoms with Gasteiger partial charge in [0.25, 0.3) is 0 Å². The smallest absolute Gasteiger partial charge is 0.345 e. The van der Waals surface area contributed by atoms with Crippen molar-refractivity contribution >= 4 is 32.2 Å². The van der Waals surface area contributed by atoms with Gasteiger partial charge in [0.2, 0.25) is 0 Å². The zero-order chi connectivity index (χ0) is 19.6. The van der Waals surface area contributed by atoms with Gasteiger partial charge in [-0.1, -0.05) is 60.7 Å². The third-order valence-corrected chi connectivity index (χ3v) is 4.61. The first-order valence-electron chi connectivity index (χ1n) is 9.62. The maximum Gasteiger partial charge on any atom is 0.345 e. The molecule has 2 aliphatic rings. The maximum absolute atomic E-state index is 10.9. The van der Waals surface area contributed by atoms with Gasteiger partial charge in [0.15, 0.2) is 0 Å². The molecule has 0 saturated carbocycles. The fraction of sp³-hybridized carbons (Fsp3) is 0.400. The van der Waals surface area contributed by atoms with Crippen molar-refractivity contribution in [3.05, 3.63) is 71.8 Å². The first kappa shape index (κ1) is 24.1. The van der Waals surface area contributed by atoms with Crippen LogP contribution in [-0.2, 0) is 31.5 Å². The van der Waals surface area contributed by atoms with Crippen molar-refractivity contribution < 1.29 is 28.7 Å². The van der Waals surface area contributed by atoms with E-state index in [0.717, 1.165) is 25.7 Å². The number of rotatable bonds is 4.